The number of amides is 1. The van der Waals surface area contributed by atoms with Crippen LogP contribution in [-0.2, 0) is 11.3 Å². The predicted octanol–water partition coefficient (Wildman–Crippen LogP) is 1.80. The second-order valence-electron chi connectivity index (χ2n) is 4.33. The number of rotatable bonds is 5. The normalized spacial score (nSPS) is 10.3. The number of ether oxygens (including phenoxy) is 1. The molecule has 0 aliphatic rings. The lowest BCUT2D eigenvalue weighted by atomic mass is 10.3. The molecule has 1 aromatic carbocycles. The lowest BCUT2D eigenvalue weighted by Gasteiger charge is -2.15. The van der Waals surface area contributed by atoms with E-state index in [9.17, 15) is 4.79 Å². The summed E-state index contributed by atoms with van der Waals surface area (Å²) in [6, 6.07) is 6.92. The summed E-state index contributed by atoms with van der Waals surface area (Å²) in [5.74, 6) is 1.69. The monoisotopic (exact) mass is 294 g/mol. The standard InChI is InChI=1S/C13H15ClN4O2/c1-9-15-12(17-16-9)7-18(2)13(19)8-20-11-5-3-4-10(14)6-11/h3-6H,7-8H2,1-2H3,(H,15,16,17). The summed E-state index contributed by atoms with van der Waals surface area (Å²) in [4.78, 5) is 17.6. The van der Waals surface area contributed by atoms with Crippen molar-refractivity contribution in [1.29, 1.82) is 0 Å². The number of nitrogens with zero attached hydrogens (tertiary/aromatic N) is 3. The highest BCUT2D eigenvalue weighted by Crippen LogP contribution is 2.17. The average Bonchev–Trinajstić information content (AvgIpc) is 2.81. The lowest BCUT2D eigenvalue weighted by Crippen LogP contribution is -2.31. The Morgan fingerprint density at radius 3 is 2.95 bits per heavy atom. The molecule has 0 unspecified atom stereocenters. The molecule has 0 radical (unpaired) electrons. The Morgan fingerprint density at radius 1 is 1.50 bits per heavy atom. The first kappa shape index (κ1) is 14.3. The number of carbonyl (C=O) groups is 1. The van der Waals surface area contributed by atoms with E-state index >= 15 is 0 Å². The van der Waals surface area contributed by atoms with Crippen molar-refractivity contribution in [3.05, 3.63) is 40.9 Å². The number of hydrogen-bond acceptors (Lipinski definition) is 4. The van der Waals surface area contributed by atoms with E-state index in [-0.39, 0.29) is 12.5 Å². The molecule has 0 atom stereocenters. The van der Waals surface area contributed by atoms with Gasteiger partial charge in [-0.2, -0.15) is 5.10 Å². The molecule has 7 heteroatoms. The van der Waals surface area contributed by atoms with Crippen molar-refractivity contribution in [3.8, 4) is 5.75 Å². The van der Waals surface area contributed by atoms with Gasteiger partial charge in [0.25, 0.3) is 5.91 Å². The van der Waals surface area contributed by atoms with Crippen LogP contribution in [0.4, 0.5) is 0 Å². The fourth-order valence-corrected chi connectivity index (χ4v) is 1.75. The number of aryl methyl sites for hydroxylation is 1. The maximum absolute atomic E-state index is 11.9. The zero-order valence-electron chi connectivity index (χ0n) is 11.3. The minimum absolute atomic E-state index is 0.0553. The van der Waals surface area contributed by atoms with Crippen molar-refractivity contribution in [2.45, 2.75) is 13.5 Å². The van der Waals surface area contributed by atoms with Crippen molar-refractivity contribution < 1.29 is 9.53 Å². The molecular weight excluding hydrogens is 280 g/mol. The zero-order chi connectivity index (χ0) is 14.5. The highest BCUT2D eigenvalue weighted by molar-refractivity contribution is 6.30. The van der Waals surface area contributed by atoms with Gasteiger partial charge in [0.05, 0.1) is 6.54 Å². The Morgan fingerprint density at radius 2 is 2.30 bits per heavy atom. The zero-order valence-corrected chi connectivity index (χ0v) is 12.0. The second kappa shape index (κ2) is 6.38. The number of benzene rings is 1. The Bertz CT molecular complexity index is 600. The maximum Gasteiger partial charge on any atom is 0.260 e. The number of likely N-dealkylation sites (N-methyl/N-ethyl adjacent to an activating group) is 1. The third-order valence-electron chi connectivity index (χ3n) is 2.61. The molecule has 2 rings (SSSR count). The molecule has 0 bridgehead atoms. The number of H-pyrrole nitrogens is 1. The van der Waals surface area contributed by atoms with Crippen LogP contribution in [0.2, 0.25) is 5.02 Å². The largest absolute Gasteiger partial charge is 0.484 e. The minimum Gasteiger partial charge on any atom is -0.484 e. The molecule has 0 aliphatic carbocycles. The molecule has 1 heterocycles. The van der Waals surface area contributed by atoms with Gasteiger partial charge in [0.1, 0.15) is 11.6 Å². The molecule has 1 amide bonds. The molecule has 0 saturated carbocycles. The van der Waals surface area contributed by atoms with E-state index in [1.54, 1.807) is 38.2 Å². The van der Waals surface area contributed by atoms with Gasteiger partial charge in [-0.15, -0.1) is 0 Å². The van der Waals surface area contributed by atoms with E-state index in [4.69, 9.17) is 16.3 Å². The molecule has 0 fully saturated rings. The number of aromatic amines is 1. The van der Waals surface area contributed by atoms with Crippen LogP contribution >= 0.6 is 11.6 Å². The first-order valence-corrected chi connectivity index (χ1v) is 6.42. The summed E-state index contributed by atoms with van der Waals surface area (Å²) in [5, 5.41) is 7.28. The molecule has 0 saturated heterocycles. The summed E-state index contributed by atoms with van der Waals surface area (Å²) >= 11 is 5.84. The van der Waals surface area contributed by atoms with Gasteiger partial charge in [-0.3, -0.25) is 9.89 Å². The van der Waals surface area contributed by atoms with E-state index in [0.29, 0.717) is 23.1 Å². The summed E-state index contributed by atoms with van der Waals surface area (Å²) in [6.45, 7) is 2.09. The van der Waals surface area contributed by atoms with E-state index in [1.807, 2.05) is 0 Å². The van der Waals surface area contributed by atoms with Gasteiger partial charge in [0.2, 0.25) is 0 Å². The highest BCUT2D eigenvalue weighted by Gasteiger charge is 2.12. The van der Waals surface area contributed by atoms with Gasteiger partial charge in [-0.1, -0.05) is 17.7 Å². The van der Waals surface area contributed by atoms with Crippen LogP contribution in [0.3, 0.4) is 0 Å². The van der Waals surface area contributed by atoms with E-state index in [1.165, 1.54) is 4.90 Å². The maximum atomic E-state index is 11.9. The topological polar surface area (TPSA) is 71.1 Å². The van der Waals surface area contributed by atoms with Crippen LogP contribution in [0, 0.1) is 6.92 Å². The third-order valence-corrected chi connectivity index (χ3v) is 2.84. The molecule has 0 spiro atoms. The van der Waals surface area contributed by atoms with Gasteiger partial charge in [-0.25, -0.2) is 4.98 Å². The SMILES string of the molecule is Cc1nc(CN(C)C(=O)COc2cccc(Cl)c2)n[nH]1. The first-order chi connectivity index (χ1) is 9.54. The van der Waals surface area contributed by atoms with Crippen LogP contribution in [-0.4, -0.2) is 39.6 Å². The lowest BCUT2D eigenvalue weighted by molar-refractivity contribution is -0.132. The number of aromatic nitrogens is 3. The van der Waals surface area contributed by atoms with Crippen molar-refractivity contribution in [2.75, 3.05) is 13.7 Å². The summed E-state index contributed by atoms with van der Waals surface area (Å²) in [6.07, 6.45) is 0. The Kier molecular flexibility index (Phi) is 4.57. The molecule has 1 aromatic heterocycles. The minimum atomic E-state index is -0.160. The number of carbonyl (C=O) groups excluding carboxylic acids is 1. The quantitative estimate of drug-likeness (QED) is 0.913. The van der Waals surface area contributed by atoms with Crippen LogP contribution < -0.4 is 4.74 Å². The fourth-order valence-electron chi connectivity index (χ4n) is 1.57. The highest BCUT2D eigenvalue weighted by atomic mass is 35.5. The fraction of sp³-hybridized carbons (Fsp3) is 0.308. The number of nitrogens with one attached hydrogen (secondary N) is 1. The Labute approximate surface area is 121 Å². The van der Waals surface area contributed by atoms with Crippen molar-refractivity contribution in [2.24, 2.45) is 0 Å². The average molecular weight is 295 g/mol. The van der Waals surface area contributed by atoms with E-state index in [0.717, 1.165) is 5.82 Å². The van der Waals surface area contributed by atoms with Crippen LogP contribution in [0.25, 0.3) is 0 Å². The first-order valence-electron chi connectivity index (χ1n) is 6.05. The number of halogens is 1. The third kappa shape index (κ3) is 3.96. The van der Waals surface area contributed by atoms with Gasteiger partial charge >= 0.3 is 0 Å². The molecule has 6 nitrogen and oxygen atoms in total. The van der Waals surface area contributed by atoms with Crippen molar-refractivity contribution in [1.82, 2.24) is 20.1 Å². The van der Waals surface area contributed by atoms with Gasteiger partial charge in [0, 0.05) is 12.1 Å². The molecule has 2 aromatic rings. The van der Waals surface area contributed by atoms with Crippen LogP contribution in [0.5, 0.6) is 5.75 Å². The van der Waals surface area contributed by atoms with Gasteiger partial charge < -0.3 is 9.64 Å². The van der Waals surface area contributed by atoms with Crippen LogP contribution in [0.15, 0.2) is 24.3 Å². The Balaban J connectivity index is 1.85. The molecule has 106 valence electrons. The molecule has 20 heavy (non-hydrogen) atoms. The van der Waals surface area contributed by atoms with Gasteiger partial charge in [0.15, 0.2) is 12.4 Å². The molecular formula is C13H15ClN4O2. The van der Waals surface area contributed by atoms with Crippen molar-refractivity contribution >= 4 is 17.5 Å². The smallest absolute Gasteiger partial charge is 0.260 e. The predicted molar refractivity (Wildman–Crippen MR) is 74.5 cm³/mol. The molecule has 1 N–H and O–H groups in total. The number of hydrogen-bond donors (Lipinski definition) is 1. The van der Waals surface area contributed by atoms with E-state index < -0.39 is 0 Å². The Hall–Kier alpha value is -2.08. The second-order valence-corrected chi connectivity index (χ2v) is 4.77. The van der Waals surface area contributed by atoms with Gasteiger partial charge in [-0.05, 0) is 25.1 Å². The van der Waals surface area contributed by atoms with Crippen molar-refractivity contribution in [3.63, 3.8) is 0 Å². The molecule has 0 aliphatic heterocycles. The summed E-state index contributed by atoms with van der Waals surface area (Å²) < 4.78 is 5.39. The van der Waals surface area contributed by atoms with Crippen LogP contribution in [0.1, 0.15) is 11.6 Å². The summed E-state index contributed by atoms with van der Waals surface area (Å²) in [7, 11) is 1.68. The summed E-state index contributed by atoms with van der Waals surface area (Å²) in [5.41, 5.74) is 0. The van der Waals surface area contributed by atoms with E-state index in [2.05, 4.69) is 15.2 Å².